The van der Waals surface area contributed by atoms with Gasteiger partial charge in [-0.1, -0.05) is 0 Å². The van der Waals surface area contributed by atoms with Gasteiger partial charge in [-0.15, -0.1) is 12.4 Å². The van der Waals surface area contributed by atoms with Crippen LogP contribution in [0.25, 0.3) is 0 Å². The van der Waals surface area contributed by atoms with Gasteiger partial charge in [0.25, 0.3) is 5.91 Å². The lowest BCUT2D eigenvalue weighted by atomic mass is 10.2. The summed E-state index contributed by atoms with van der Waals surface area (Å²) in [5, 5.41) is 2.62. The highest BCUT2D eigenvalue weighted by molar-refractivity contribution is 7.89. The van der Waals surface area contributed by atoms with Crippen LogP contribution in [0.3, 0.4) is 0 Å². The van der Waals surface area contributed by atoms with Gasteiger partial charge in [0.2, 0.25) is 10.0 Å². The lowest BCUT2D eigenvalue weighted by Crippen LogP contribution is -2.48. The number of fused-ring (bicyclic) bond motifs is 1. The van der Waals surface area contributed by atoms with Crippen LogP contribution < -0.4 is 20.5 Å². The molecule has 2 aliphatic rings. The summed E-state index contributed by atoms with van der Waals surface area (Å²) in [4.78, 5) is 11.4. The minimum Gasteiger partial charge on any atom is -0.495 e. The number of morpholine rings is 1. The van der Waals surface area contributed by atoms with Gasteiger partial charge in [0.1, 0.15) is 16.4 Å². The number of halogens is 1. The number of carbonyl (C=O) groups excluding carboxylic acids is 1. The number of amides is 1. The summed E-state index contributed by atoms with van der Waals surface area (Å²) in [6.07, 6.45) is -0.340. The predicted octanol–water partition coefficient (Wildman–Crippen LogP) is -0.204. The van der Waals surface area contributed by atoms with E-state index in [2.05, 4.69) is 5.32 Å². The van der Waals surface area contributed by atoms with Crippen molar-refractivity contribution < 1.29 is 27.4 Å². The first-order valence-electron chi connectivity index (χ1n) is 7.42. The van der Waals surface area contributed by atoms with Gasteiger partial charge in [-0.3, -0.25) is 4.79 Å². The third kappa shape index (κ3) is 3.82. The fraction of sp³-hybridized carbons (Fsp3) is 0.500. The molecule has 0 spiro atoms. The van der Waals surface area contributed by atoms with E-state index in [4.69, 9.17) is 19.9 Å². The normalized spacial score (nSPS) is 20.7. The van der Waals surface area contributed by atoms with Gasteiger partial charge < -0.3 is 25.3 Å². The van der Waals surface area contributed by atoms with E-state index in [1.165, 1.54) is 23.5 Å². The van der Waals surface area contributed by atoms with E-state index in [0.29, 0.717) is 5.69 Å². The van der Waals surface area contributed by atoms with Crippen LogP contribution in [0.2, 0.25) is 0 Å². The first kappa shape index (κ1) is 19.7. The van der Waals surface area contributed by atoms with Crippen LogP contribution in [0.5, 0.6) is 11.5 Å². The molecular weight excluding hydrogens is 374 g/mol. The average molecular weight is 394 g/mol. The van der Waals surface area contributed by atoms with E-state index in [9.17, 15) is 13.2 Å². The van der Waals surface area contributed by atoms with E-state index < -0.39 is 10.0 Å². The van der Waals surface area contributed by atoms with E-state index in [0.717, 1.165) is 0 Å². The summed E-state index contributed by atoms with van der Waals surface area (Å²) >= 11 is 0. The van der Waals surface area contributed by atoms with Crippen molar-refractivity contribution in [2.75, 3.05) is 45.3 Å². The first-order chi connectivity index (χ1) is 11.5. The maximum Gasteiger partial charge on any atom is 0.262 e. The van der Waals surface area contributed by atoms with Crippen molar-refractivity contribution in [1.82, 2.24) is 4.31 Å². The van der Waals surface area contributed by atoms with Gasteiger partial charge in [-0.05, 0) is 0 Å². The number of nitrogens with zero attached hydrogens (tertiary/aromatic N) is 1. The van der Waals surface area contributed by atoms with Crippen LogP contribution in [0, 0.1) is 0 Å². The lowest BCUT2D eigenvalue weighted by molar-refractivity contribution is -0.118. The number of hydrogen-bond donors (Lipinski definition) is 2. The summed E-state index contributed by atoms with van der Waals surface area (Å²) in [5.41, 5.74) is 5.95. The number of rotatable bonds is 4. The number of nitrogens with two attached hydrogens (primary N) is 1. The minimum atomic E-state index is -3.81. The molecular formula is C14H20ClN3O6S. The Bertz CT molecular complexity index is 757. The van der Waals surface area contributed by atoms with Crippen LogP contribution in [-0.2, 0) is 19.6 Å². The monoisotopic (exact) mass is 393 g/mol. The molecule has 2 heterocycles. The number of carbonyl (C=O) groups is 1. The van der Waals surface area contributed by atoms with E-state index in [-0.39, 0.29) is 73.7 Å². The molecule has 1 unspecified atom stereocenters. The Labute approximate surface area is 151 Å². The fourth-order valence-corrected chi connectivity index (χ4v) is 4.25. The van der Waals surface area contributed by atoms with Crippen LogP contribution in [-0.4, -0.2) is 64.7 Å². The van der Waals surface area contributed by atoms with E-state index in [1.807, 2.05) is 0 Å². The molecule has 3 N–H and O–H groups in total. The number of nitrogens with one attached hydrogen (secondary N) is 1. The van der Waals surface area contributed by atoms with Crippen LogP contribution in [0.1, 0.15) is 0 Å². The molecule has 1 fully saturated rings. The Kier molecular flexibility index (Phi) is 6.12. The molecule has 1 amide bonds. The van der Waals surface area contributed by atoms with Crippen LogP contribution in [0.4, 0.5) is 5.69 Å². The zero-order valence-electron chi connectivity index (χ0n) is 13.6. The van der Waals surface area contributed by atoms with Crippen LogP contribution >= 0.6 is 12.4 Å². The summed E-state index contributed by atoms with van der Waals surface area (Å²) in [5.74, 6) is 0.118. The first-order valence-corrected chi connectivity index (χ1v) is 8.86. The Hall–Kier alpha value is -1.59. The van der Waals surface area contributed by atoms with Crippen molar-refractivity contribution in [3.05, 3.63) is 12.1 Å². The van der Waals surface area contributed by atoms with E-state index in [1.54, 1.807) is 0 Å². The van der Waals surface area contributed by atoms with Crippen molar-refractivity contribution in [2.24, 2.45) is 5.73 Å². The molecule has 2 aliphatic heterocycles. The summed E-state index contributed by atoms with van der Waals surface area (Å²) in [6, 6.07) is 2.82. The fourth-order valence-electron chi connectivity index (χ4n) is 2.64. The quantitative estimate of drug-likeness (QED) is 0.726. The molecule has 1 aromatic carbocycles. The number of methoxy groups -OCH3 is 1. The highest BCUT2D eigenvalue weighted by Crippen LogP contribution is 2.38. The standard InChI is InChI=1S/C14H19N3O6S.ClH/c1-21-12-4-10-11(23-8-14(18)16-10)5-13(12)24(19,20)17-2-3-22-9(6-15)7-17;/h4-5,9H,2-3,6-8,15H2,1H3,(H,16,18);1H. The van der Waals surface area contributed by atoms with Gasteiger partial charge in [-0.2, -0.15) is 4.31 Å². The van der Waals surface area contributed by atoms with Crippen LogP contribution in [0.15, 0.2) is 17.0 Å². The molecule has 11 heteroatoms. The van der Waals surface area contributed by atoms with Gasteiger partial charge in [0, 0.05) is 31.8 Å². The molecule has 9 nitrogen and oxygen atoms in total. The molecule has 0 radical (unpaired) electrons. The average Bonchev–Trinajstić information content (AvgIpc) is 2.60. The minimum absolute atomic E-state index is 0. The van der Waals surface area contributed by atoms with E-state index >= 15 is 0 Å². The highest BCUT2D eigenvalue weighted by atomic mass is 35.5. The number of ether oxygens (including phenoxy) is 3. The molecule has 140 valence electrons. The third-order valence-corrected chi connectivity index (χ3v) is 5.77. The summed E-state index contributed by atoms with van der Waals surface area (Å²) < 4.78 is 43.2. The number of anilines is 1. The second-order valence-electron chi connectivity index (χ2n) is 5.43. The lowest BCUT2D eigenvalue weighted by Gasteiger charge is -2.32. The van der Waals surface area contributed by atoms with Crippen molar-refractivity contribution in [1.29, 1.82) is 0 Å². The molecule has 3 rings (SSSR count). The zero-order valence-corrected chi connectivity index (χ0v) is 15.2. The van der Waals surface area contributed by atoms with Gasteiger partial charge >= 0.3 is 0 Å². The molecule has 25 heavy (non-hydrogen) atoms. The van der Waals surface area contributed by atoms with Gasteiger partial charge in [0.15, 0.2) is 6.61 Å². The molecule has 0 aromatic heterocycles. The summed E-state index contributed by atoms with van der Waals surface area (Å²) in [6.45, 7) is 0.766. The third-order valence-electron chi connectivity index (χ3n) is 3.88. The molecule has 0 saturated carbocycles. The SMILES string of the molecule is COc1cc2c(cc1S(=O)(=O)N1CCOC(CN)C1)OCC(=O)N2.Cl. The smallest absolute Gasteiger partial charge is 0.262 e. The zero-order chi connectivity index (χ0) is 17.3. The topological polar surface area (TPSA) is 120 Å². The van der Waals surface area contributed by atoms with Crippen molar-refractivity contribution in [2.45, 2.75) is 11.0 Å². The second kappa shape index (κ2) is 7.75. The Morgan fingerprint density at radius 1 is 1.44 bits per heavy atom. The predicted molar refractivity (Wildman–Crippen MR) is 91.9 cm³/mol. The molecule has 1 aromatic rings. The summed E-state index contributed by atoms with van der Waals surface area (Å²) in [7, 11) is -2.45. The Balaban J connectivity index is 0.00000225. The number of benzene rings is 1. The molecule has 1 atom stereocenters. The van der Waals surface area contributed by atoms with Crippen molar-refractivity contribution >= 4 is 34.0 Å². The Morgan fingerprint density at radius 3 is 2.88 bits per heavy atom. The maximum atomic E-state index is 13.0. The Morgan fingerprint density at radius 2 is 2.20 bits per heavy atom. The second-order valence-corrected chi connectivity index (χ2v) is 7.33. The molecule has 0 aliphatic carbocycles. The van der Waals surface area contributed by atoms with Crippen molar-refractivity contribution in [3.8, 4) is 11.5 Å². The molecule has 0 bridgehead atoms. The number of hydrogen-bond acceptors (Lipinski definition) is 7. The number of sulfonamides is 1. The van der Waals surface area contributed by atoms with Gasteiger partial charge in [-0.25, -0.2) is 8.42 Å². The molecule has 1 saturated heterocycles. The maximum absolute atomic E-state index is 13.0. The highest BCUT2D eigenvalue weighted by Gasteiger charge is 2.34. The largest absolute Gasteiger partial charge is 0.495 e. The van der Waals surface area contributed by atoms with Gasteiger partial charge in [0.05, 0.1) is 25.5 Å². The van der Waals surface area contributed by atoms with Crippen molar-refractivity contribution in [3.63, 3.8) is 0 Å².